The number of Topliss-reactive ketones (excluding diaryl/α,β-unsaturated/α-hetero) is 1. The van der Waals surface area contributed by atoms with Crippen molar-refractivity contribution in [2.75, 3.05) is 19.9 Å². The summed E-state index contributed by atoms with van der Waals surface area (Å²) in [4.78, 5) is 16.6. The molecule has 0 spiro atoms. The van der Waals surface area contributed by atoms with Crippen LogP contribution < -0.4 is 16.3 Å². The van der Waals surface area contributed by atoms with Crippen LogP contribution in [0.4, 0.5) is 0 Å². The Morgan fingerprint density at radius 3 is 2.80 bits per heavy atom. The standard InChI is InChI=1S/C25H25N3OS/c1-27(2)17-9-11-22-20(14-17)19-13-16(7-10-21(19)28(22)26)25(29)24-18-6-4-3-5-15(18)8-12-23(24)30/h3-8,10,13,17H,9,11-12,14,26H2,1-2H3. The molecule has 30 heavy (non-hydrogen) atoms. The van der Waals surface area contributed by atoms with E-state index in [2.05, 4.69) is 25.1 Å². The Hall–Kier alpha value is -2.76. The van der Waals surface area contributed by atoms with Crippen molar-refractivity contribution in [2.45, 2.75) is 31.7 Å². The van der Waals surface area contributed by atoms with E-state index < -0.39 is 0 Å². The van der Waals surface area contributed by atoms with Gasteiger partial charge in [0.25, 0.3) is 0 Å². The molecular formula is C25H25N3OS. The summed E-state index contributed by atoms with van der Waals surface area (Å²) in [5, 5.41) is 3.10. The maximum Gasteiger partial charge on any atom is 0.194 e. The number of carbonyl (C=O) groups excluding carboxylic acids is 1. The lowest BCUT2D eigenvalue weighted by Crippen LogP contribution is -2.35. The van der Waals surface area contributed by atoms with Gasteiger partial charge in [0.15, 0.2) is 5.78 Å². The van der Waals surface area contributed by atoms with E-state index in [-0.39, 0.29) is 5.78 Å². The zero-order valence-corrected chi connectivity index (χ0v) is 18.1. The number of nitrogens with two attached hydrogens (primary N) is 1. The Bertz CT molecular complexity index is 1330. The SMILES string of the molecule is CN(C)C1CCc2c(c3cc(C(=O)C4=c5ccccc5=CCC4=S)ccc3n2N)C1. The van der Waals surface area contributed by atoms with Gasteiger partial charge < -0.3 is 10.7 Å². The van der Waals surface area contributed by atoms with Crippen LogP contribution >= 0.6 is 12.2 Å². The fourth-order valence-corrected chi connectivity index (χ4v) is 5.19. The molecule has 1 heterocycles. The van der Waals surface area contributed by atoms with Crippen molar-refractivity contribution >= 4 is 45.4 Å². The third kappa shape index (κ3) is 2.92. The Labute approximate surface area is 181 Å². The Morgan fingerprint density at radius 2 is 2.00 bits per heavy atom. The third-order valence-electron chi connectivity index (χ3n) is 6.61. The highest BCUT2D eigenvalue weighted by atomic mass is 32.1. The number of ketones is 1. The molecule has 2 aliphatic carbocycles. The fourth-order valence-electron chi connectivity index (χ4n) is 4.91. The van der Waals surface area contributed by atoms with Crippen molar-refractivity contribution in [3.05, 3.63) is 69.7 Å². The van der Waals surface area contributed by atoms with Crippen molar-refractivity contribution in [3.8, 4) is 0 Å². The minimum absolute atomic E-state index is 0.000871. The summed E-state index contributed by atoms with van der Waals surface area (Å²) in [6.45, 7) is 0. The number of likely N-dealkylation sites (N-methyl/N-ethyl adjacent to an activating group) is 1. The molecule has 152 valence electrons. The van der Waals surface area contributed by atoms with E-state index in [1.165, 1.54) is 11.3 Å². The summed E-state index contributed by atoms with van der Waals surface area (Å²) in [6, 6.07) is 14.4. The molecule has 2 aliphatic rings. The Balaban J connectivity index is 1.66. The summed E-state index contributed by atoms with van der Waals surface area (Å²) in [7, 11) is 4.25. The first kappa shape index (κ1) is 19.2. The number of thiocarbonyl (C=S) groups is 1. The number of nitrogen functional groups attached to an aromatic ring is 1. The molecule has 0 bridgehead atoms. The van der Waals surface area contributed by atoms with Crippen molar-refractivity contribution in [1.82, 2.24) is 9.58 Å². The van der Waals surface area contributed by atoms with Crippen LogP contribution in [-0.4, -0.2) is 40.4 Å². The normalized spacial score (nSPS) is 18.3. The monoisotopic (exact) mass is 415 g/mol. The molecule has 3 aromatic rings. The van der Waals surface area contributed by atoms with Crippen LogP contribution in [0.1, 0.15) is 34.5 Å². The Kier molecular flexibility index (Phi) is 4.60. The first-order valence-corrected chi connectivity index (χ1v) is 10.8. The van der Waals surface area contributed by atoms with Gasteiger partial charge >= 0.3 is 0 Å². The number of fused-ring (bicyclic) bond motifs is 4. The largest absolute Gasteiger partial charge is 0.339 e. The van der Waals surface area contributed by atoms with Crippen LogP contribution in [-0.2, 0) is 12.8 Å². The van der Waals surface area contributed by atoms with Crippen LogP contribution in [0.3, 0.4) is 0 Å². The quantitative estimate of drug-likeness (QED) is 0.405. The lowest BCUT2D eigenvalue weighted by atomic mass is 9.89. The molecule has 0 radical (unpaired) electrons. The molecule has 0 amide bonds. The lowest BCUT2D eigenvalue weighted by molar-refractivity contribution is 0.105. The van der Waals surface area contributed by atoms with Gasteiger partial charge in [0.05, 0.1) is 5.52 Å². The average molecular weight is 416 g/mol. The van der Waals surface area contributed by atoms with Gasteiger partial charge in [-0.15, -0.1) is 0 Å². The molecule has 5 heteroatoms. The molecule has 0 aliphatic heterocycles. The highest BCUT2D eigenvalue weighted by Crippen LogP contribution is 2.33. The highest BCUT2D eigenvalue weighted by Gasteiger charge is 2.27. The average Bonchev–Trinajstić information content (AvgIpc) is 3.04. The molecule has 1 unspecified atom stereocenters. The summed E-state index contributed by atoms with van der Waals surface area (Å²) in [5.74, 6) is 6.42. The number of carbonyl (C=O) groups is 1. The third-order valence-corrected chi connectivity index (χ3v) is 6.98. The predicted octanol–water partition coefficient (Wildman–Crippen LogP) is 2.36. The topological polar surface area (TPSA) is 51.3 Å². The van der Waals surface area contributed by atoms with Crippen molar-refractivity contribution in [1.29, 1.82) is 0 Å². The van der Waals surface area contributed by atoms with E-state index in [1.807, 2.05) is 47.1 Å². The second-order valence-electron chi connectivity index (χ2n) is 8.51. The molecule has 0 saturated carbocycles. The molecule has 1 aromatic heterocycles. The molecule has 2 N–H and O–H groups in total. The van der Waals surface area contributed by atoms with Gasteiger partial charge in [-0.25, -0.2) is 0 Å². The van der Waals surface area contributed by atoms with Gasteiger partial charge in [-0.05, 0) is 67.6 Å². The number of nitrogens with zero attached hydrogens (tertiary/aromatic N) is 2. The number of hydrogen-bond acceptors (Lipinski definition) is 4. The molecule has 4 nitrogen and oxygen atoms in total. The zero-order chi connectivity index (χ0) is 21.0. The number of benzene rings is 2. The van der Waals surface area contributed by atoms with E-state index in [1.54, 1.807) is 0 Å². The van der Waals surface area contributed by atoms with Gasteiger partial charge in [0.2, 0.25) is 0 Å². The van der Waals surface area contributed by atoms with Gasteiger partial charge in [-0.1, -0.05) is 42.6 Å². The highest BCUT2D eigenvalue weighted by molar-refractivity contribution is 7.81. The summed E-state index contributed by atoms with van der Waals surface area (Å²) in [6.07, 6.45) is 5.74. The van der Waals surface area contributed by atoms with E-state index >= 15 is 0 Å². The van der Waals surface area contributed by atoms with Crippen molar-refractivity contribution in [2.24, 2.45) is 0 Å². The molecule has 0 saturated heterocycles. The van der Waals surface area contributed by atoms with E-state index in [0.29, 0.717) is 28.5 Å². The van der Waals surface area contributed by atoms with Crippen LogP contribution in [0.2, 0.25) is 0 Å². The Morgan fingerprint density at radius 1 is 1.20 bits per heavy atom. The molecular weight excluding hydrogens is 390 g/mol. The van der Waals surface area contributed by atoms with Crippen molar-refractivity contribution in [3.63, 3.8) is 0 Å². The van der Waals surface area contributed by atoms with Crippen LogP contribution in [0, 0.1) is 0 Å². The number of hydrogen-bond donors (Lipinski definition) is 1. The first-order valence-electron chi connectivity index (χ1n) is 10.4. The number of rotatable bonds is 3. The van der Waals surface area contributed by atoms with Crippen molar-refractivity contribution < 1.29 is 4.79 Å². The molecule has 1 atom stereocenters. The molecule has 2 aromatic carbocycles. The fraction of sp³-hybridized carbons (Fsp3) is 0.280. The second kappa shape index (κ2) is 7.18. The second-order valence-corrected chi connectivity index (χ2v) is 9.00. The van der Waals surface area contributed by atoms with Gasteiger partial charge in [0, 0.05) is 39.5 Å². The lowest BCUT2D eigenvalue weighted by Gasteiger charge is -2.28. The summed E-state index contributed by atoms with van der Waals surface area (Å²) < 4.78 is 1.81. The van der Waals surface area contributed by atoms with Gasteiger partial charge in [-0.2, -0.15) is 0 Å². The smallest absolute Gasteiger partial charge is 0.194 e. The van der Waals surface area contributed by atoms with Crippen LogP contribution in [0.25, 0.3) is 22.6 Å². The zero-order valence-electron chi connectivity index (χ0n) is 17.3. The number of aromatic nitrogens is 1. The molecule has 5 rings (SSSR count). The summed E-state index contributed by atoms with van der Waals surface area (Å²) >= 11 is 5.60. The minimum Gasteiger partial charge on any atom is -0.339 e. The van der Waals surface area contributed by atoms with Crippen LogP contribution in [0.15, 0.2) is 42.5 Å². The maximum absolute atomic E-state index is 13.6. The van der Waals surface area contributed by atoms with Gasteiger partial charge in [-0.3, -0.25) is 9.47 Å². The van der Waals surface area contributed by atoms with Crippen LogP contribution in [0.5, 0.6) is 0 Å². The van der Waals surface area contributed by atoms with E-state index in [4.69, 9.17) is 18.1 Å². The minimum atomic E-state index is 0.000871. The van der Waals surface area contributed by atoms with E-state index in [0.717, 1.165) is 40.6 Å². The summed E-state index contributed by atoms with van der Waals surface area (Å²) in [5.41, 5.74) is 4.79. The molecule has 0 fully saturated rings. The maximum atomic E-state index is 13.6. The van der Waals surface area contributed by atoms with Gasteiger partial charge in [0.1, 0.15) is 0 Å². The predicted molar refractivity (Wildman–Crippen MR) is 127 cm³/mol. The van der Waals surface area contributed by atoms with E-state index in [9.17, 15) is 4.79 Å². The first-order chi connectivity index (χ1) is 14.5.